The van der Waals surface area contributed by atoms with Crippen LogP contribution in [0.1, 0.15) is 113 Å². The third-order valence-electron chi connectivity index (χ3n) is 8.46. The second-order valence-corrected chi connectivity index (χ2v) is 13.2. The Kier molecular flexibility index (Phi) is 6.14. The van der Waals surface area contributed by atoms with Crippen molar-refractivity contribution in [3.8, 4) is 11.1 Å². The molecule has 2 aliphatic carbocycles. The molecule has 3 aromatic rings. The second kappa shape index (κ2) is 8.91. The van der Waals surface area contributed by atoms with Gasteiger partial charge in [0.15, 0.2) is 0 Å². The van der Waals surface area contributed by atoms with Gasteiger partial charge in [0.1, 0.15) is 0 Å². The summed E-state index contributed by atoms with van der Waals surface area (Å²) in [4.78, 5) is 0. The fourth-order valence-corrected chi connectivity index (χ4v) is 6.17. The Morgan fingerprint density at radius 2 is 1.17 bits per heavy atom. The number of benzene rings is 3. The fraction of sp³-hybridized carbons (Fsp3) is 0.389. The molecule has 36 heavy (non-hydrogen) atoms. The first-order chi connectivity index (χ1) is 16.9. The first kappa shape index (κ1) is 24.8. The molecule has 0 aliphatic heterocycles. The Balaban J connectivity index is 1.49. The highest BCUT2D eigenvalue weighted by molar-refractivity contribution is 5.82. The lowest BCUT2D eigenvalue weighted by Gasteiger charge is -2.27. The van der Waals surface area contributed by atoms with Crippen LogP contribution < -0.4 is 0 Å². The van der Waals surface area contributed by atoms with Gasteiger partial charge in [-0.3, -0.25) is 0 Å². The summed E-state index contributed by atoms with van der Waals surface area (Å²) >= 11 is 0. The molecule has 3 aromatic carbocycles. The molecule has 0 heteroatoms. The summed E-state index contributed by atoms with van der Waals surface area (Å²) in [6, 6.07) is 23.2. The largest absolute Gasteiger partial charge is 0.0652 e. The highest BCUT2D eigenvalue weighted by Crippen LogP contribution is 2.47. The summed E-state index contributed by atoms with van der Waals surface area (Å²) in [5, 5.41) is 0. The minimum atomic E-state index is 0.116. The molecule has 186 valence electrons. The van der Waals surface area contributed by atoms with Gasteiger partial charge in [0.25, 0.3) is 0 Å². The number of fused-ring (bicyclic) bond motifs is 2. The zero-order valence-electron chi connectivity index (χ0n) is 23.5. The van der Waals surface area contributed by atoms with Crippen LogP contribution in [0.15, 0.2) is 71.8 Å². The third-order valence-corrected chi connectivity index (χ3v) is 8.46. The van der Waals surface area contributed by atoms with Crippen LogP contribution in [0.5, 0.6) is 0 Å². The Bertz CT molecular complexity index is 1330. The van der Waals surface area contributed by atoms with E-state index in [0.717, 1.165) is 0 Å². The maximum absolute atomic E-state index is 2.47. The molecule has 0 heterocycles. The van der Waals surface area contributed by atoms with Crippen molar-refractivity contribution in [3.63, 3.8) is 0 Å². The molecule has 0 bridgehead atoms. The number of rotatable bonds is 4. The molecule has 5 rings (SSSR count). The van der Waals surface area contributed by atoms with E-state index in [1.54, 1.807) is 0 Å². The van der Waals surface area contributed by atoms with Crippen LogP contribution in [0.3, 0.4) is 0 Å². The predicted molar refractivity (Wildman–Crippen MR) is 158 cm³/mol. The molecule has 0 amide bonds. The van der Waals surface area contributed by atoms with E-state index < -0.39 is 0 Å². The number of hydrogen-bond donors (Lipinski definition) is 0. The minimum absolute atomic E-state index is 0.116. The summed E-state index contributed by atoms with van der Waals surface area (Å²) in [6.07, 6.45) is 7.25. The van der Waals surface area contributed by atoms with E-state index in [2.05, 4.69) is 128 Å². The monoisotopic (exact) mass is 474 g/mol. The predicted octanol–water partition coefficient (Wildman–Crippen LogP) is 10.4. The van der Waals surface area contributed by atoms with Crippen LogP contribution >= 0.6 is 0 Å². The molecule has 0 nitrogen and oxygen atoms in total. The molecule has 2 atom stereocenters. The second-order valence-electron chi connectivity index (χ2n) is 13.2. The summed E-state index contributed by atoms with van der Waals surface area (Å²) < 4.78 is 0. The molecular weight excluding hydrogens is 432 g/mol. The lowest BCUT2D eigenvalue weighted by atomic mass is 9.78. The highest BCUT2D eigenvalue weighted by atomic mass is 14.3. The van der Waals surface area contributed by atoms with E-state index in [1.807, 2.05) is 0 Å². The van der Waals surface area contributed by atoms with Gasteiger partial charge in [0, 0.05) is 11.8 Å². The van der Waals surface area contributed by atoms with Gasteiger partial charge < -0.3 is 0 Å². The van der Waals surface area contributed by atoms with Crippen molar-refractivity contribution in [2.75, 3.05) is 0 Å². The Morgan fingerprint density at radius 1 is 0.611 bits per heavy atom. The smallest absolute Gasteiger partial charge is 0.00552 e. The van der Waals surface area contributed by atoms with Crippen molar-refractivity contribution in [2.45, 2.75) is 90.9 Å². The molecule has 0 saturated heterocycles. The summed E-state index contributed by atoms with van der Waals surface area (Å²) in [5.41, 5.74) is 14.7. The topological polar surface area (TPSA) is 0 Å². The highest BCUT2D eigenvalue weighted by Gasteiger charge is 2.29. The van der Waals surface area contributed by atoms with Crippen molar-refractivity contribution in [1.82, 2.24) is 0 Å². The normalized spacial score (nSPS) is 19.1. The van der Waals surface area contributed by atoms with Crippen molar-refractivity contribution in [2.24, 2.45) is 0 Å². The van der Waals surface area contributed by atoms with Crippen LogP contribution in [-0.2, 0) is 10.8 Å². The maximum atomic E-state index is 2.47. The zero-order chi connectivity index (χ0) is 25.8. The average molecular weight is 475 g/mol. The van der Waals surface area contributed by atoms with Crippen LogP contribution in [0.4, 0.5) is 0 Å². The van der Waals surface area contributed by atoms with Gasteiger partial charge >= 0.3 is 0 Å². The maximum Gasteiger partial charge on any atom is 0.00552 e. The number of hydrogen-bond acceptors (Lipinski definition) is 0. The van der Waals surface area contributed by atoms with Crippen molar-refractivity contribution >= 4 is 12.2 Å². The average Bonchev–Trinajstić information content (AvgIpc) is 3.31. The molecule has 0 spiro atoms. The fourth-order valence-electron chi connectivity index (χ4n) is 6.17. The van der Waals surface area contributed by atoms with Crippen molar-refractivity contribution in [1.29, 1.82) is 0 Å². The molecule has 0 aromatic heterocycles. The zero-order valence-corrected chi connectivity index (χ0v) is 23.5. The molecular formula is C36H42. The first-order valence-corrected chi connectivity index (χ1v) is 13.7. The van der Waals surface area contributed by atoms with Crippen LogP contribution in [0.2, 0.25) is 0 Å². The van der Waals surface area contributed by atoms with Crippen LogP contribution in [0.25, 0.3) is 23.3 Å². The van der Waals surface area contributed by atoms with E-state index >= 15 is 0 Å². The van der Waals surface area contributed by atoms with Gasteiger partial charge in [-0.05, 0) is 82.0 Å². The van der Waals surface area contributed by atoms with E-state index in [4.69, 9.17) is 0 Å². The van der Waals surface area contributed by atoms with Crippen LogP contribution in [-0.4, -0.2) is 0 Å². The molecule has 2 aliphatic rings. The van der Waals surface area contributed by atoms with Crippen LogP contribution in [0, 0.1) is 0 Å². The van der Waals surface area contributed by atoms with E-state index in [-0.39, 0.29) is 10.8 Å². The molecule has 0 saturated carbocycles. The Labute approximate surface area is 219 Å². The first-order valence-electron chi connectivity index (χ1n) is 13.7. The number of allylic oxidation sites excluding steroid dienone is 2. The summed E-state index contributed by atoms with van der Waals surface area (Å²) in [7, 11) is 0. The lowest BCUT2D eigenvalue weighted by Crippen LogP contribution is -2.16. The van der Waals surface area contributed by atoms with Crippen molar-refractivity contribution in [3.05, 3.63) is 105 Å². The van der Waals surface area contributed by atoms with Gasteiger partial charge in [-0.15, -0.1) is 0 Å². The van der Waals surface area contributed by atoms with Gasteiger partial charge in [-0.25, -0.2) is 0 Å². The summed E-state index contributed by atoms with van der Waals surface area (Å²) in [6.45, 7) is 18.6. The SMILES string of the molecule is CC1=Cc2ccccc2C1CCC1C(C)=Cc2c(-c3cc(C(C)(C)C)cc(C(C)(C)C)c3)cccc21. The Hall–Kier alpha value is -2.86. The van der Waals surface area contributed by atoms with Crippen molar-refractivity contribution < 1.29 is 0 Å². The van der Waals surface area contributed by atoms with E-state index in [0.29, 0.717) is 11.8 Å². The van der Waals surface area contributed by atoms with E-state index in [9.17, 15) is 0 Å². The van der Waals surface area contributed by atoms with Gasteiger partial charge in [-0.1, -0.05) is 126 Å². The Morgan fingerprint density at radius 3 is 1.81 bits per heavy atom. The van der Waals surface area contributed by atoms with Gasteiger partial charge in [0.05, 0.1) is 0 Å². The molecule has 2 unspecified atom stereocenters. The molecule has 0 N–H and O–H groups in total. The third kappa shape index (κ3) is 4.52. The lowest BCUT2D eigenvalue weighted by molar-refractivity contribution is 0.569. The standard InChI is InChI=1S/C36H42/c1-23-18-25-12-9-10-13-31(25)29(23)16-17-30-24(2)19-34-32(14-11-15-33(30)34)26-20-27(35(3,4)5)22-28(21-26)36(6,7)8/h9-15,18-22,29-30H,16-17H2,1-8H3. The summed E-state index contributed by atoms with van der Waals surface area (Å²) in [5.74, 6) is 1.06. The molecule has 0 radical (unpaired) electrons. The quantitative estimate of drug-likeness (QED) is 0.353. The van der Waals surface area contributed by atoms with E-state index in [1.165, 1.54) is 68.5 Å². The molecule has 0 fully saturated rings. The van der Waals surface area contributed by atoms with Gasteiger partial charge in [-0.2, -0.15) is 0 Å². The minimum Gasteiger partial charge on any atom is -0.0652 e. The van der Waals surface area contributed by atoms with Gasteiger partial charge in [0.2, 0.25) is 0 Å².